The third-order valence-corrected chi connectivity index (χ3v) is 4.55. The first-order chi connectivity index (χ1) is 12.2. The zero-order valence-electron chi connectivity index (χ0n) is 14.1. The Balaban J connectivity index is 1.54. The number of aromatic nitrogens is 2. The monoisotopic (exact) mass is 341 g/mol. The van der Waals surface area contributed by atoms with Gasteiger partial charge in [-0.05, 0) is 30.3 Å². The van der Waals surface area contributed by atoms with Gasteiger partial charge >= 0.3 is 0 Å². The van der Waals surface area contributed by atoms with Crippen molar-refractivity contribution in [1.82, 2.24) is 14.5 Å². The number of halogens is 1. The van der Waals surface area contributed by atoms with Crippen LogP contribution in [0.25, 0.3) is 11.5 Å². The lowest BCUT2D eigenvalue weighted by molar-refractivity contribution is -0.0157. The summed E-state index contributed by atoms with van der Waals surface area (Å²) < 4.78 is 26.7. The Morgan fingerprint density at radius 3 is 3.00 bits per heavy atom. The van der Waals surface area contributed by atoms with E-state index in [1.54, 1.807) is 18.4 Å². The van der Waals surface area contributed by atoms with Crippen LogP contribution in [0.2, 0.25) is 0 Å². The average molecular weight is 341 g/mol. The van der Waals surface area contributed by atoms with E-state index in [2.05, 4.69) is 20.5 Å². The Hall–Kier alpha value is -2.44. The Morgan fingerprint density at radius 2 is 2.20 bits per heavy atom. The lowest BCUT2D eigenvalue weighted by Gasteiger charge is -2.35. The first kappa shape index (κ1) is 16.1. The predicted octanol–water partition coefficient (Wildman–Crippen LogP) is 3.39. The summed E-state index contributed by atoms with van der Waals surface area (Å²) in [5, 5.41) is 0. The molecule has 1 saturated heterocycles. The topological polar surface area (TPSA) is 43.4 Å². The molecule has 4 rings (SSSR count). The van der Waals surface area contributed by atoms with Crippen LogP contribution >= 0.6 is 0 Å². The third kappa shape index (κ3) is 3.36. The minimum absolute atomic E-state index is 0.183. The van der Waals surface area contributed by atoms with Gasteiger partial charge in [-0.25, -0.2) is 9.37 Å². The number of oxazole rings is 1. The van der Waals surface area contributed by atoms with Crippen molar-refractivity contribution in [2.45, 2.75) is 12.6 Å². The summed E-state index contributed by atoms with van der Waals surface area (Å²) in [6.07, 6.45) is 3.69. The summed E-state index contributed by atoms with van der Waals surface area (Å²) in [5.41, 5.74) is 2.70. The molecule has 25 heavy (non-hydrogen) atoms. The zero-order chi connectivity index (χ0) is 17.2. The largest absolute Gasteiger partial charge is 0.444 e. The molecule has 1 aliphatic heterocycles. The summed E-state index contributed by atoms with van der Waals surface area (Å²) in [4.78, 5) is 6.87. The van der Waals surface area contributed by atoms with Crippen molar-refractivity contribution >= 4 is 0 Å². The van der Waals surface area contributed by atoms with Crippen LogP contribution in [0.5, 0.6) is 0 Å². The van der Waals surface area contributed by atoms with Gasteiger partial charge in [-0.3, -0.25) is 4.90 Å². The van der Waals surface area contributed by atoms with E-state index in [4.69, 9.17) is 9.15 Å². The van der Waals surface area contributed by atoms with E-state index in [0.717, 1.165) is 12.2 Å². The molecule has 1 unspecified atom stereocenters. The second-order valence-corrected chi connectivity index (χ2v) is 6.26. The van der Waals surface area contributed by atoms with Gasteiger partial charge < -0.3 is 13.7 Å². The number of benzene rings is 1. The number of hydrogen-bond donors (Lipinski definition) is 0. The van der Waals surface area contributed by atoms with Crippen molar-refractivity contribution in [2.24, 2.45) is 7.05 Å². The van der Waals surface area contributed by atoms with Gasteiger partial charge in [0.1, 0.15) is 12.1 Å². The maximum atomic E-state index is 13.4. The van der Waals surface area contributed by atoms with E-state index in [0.29, 0.717) is 31.2 Å². The normalized spacial score (nSPS) is 18.6. The molecule has 0 amide bonds. The standard InChI is InChI=1S/C19H20FN3O2/c1-22-7-3-6-17(22)18-13-24-9-8-23(18)11-16-12-25-19(21-16)14-4-2-5-15(20)10-14/h2-7,10,12,18H,8-9,11,13H2,1H3. The smallest absolute Gasteiger partial charge is 0.226 e. The van der Waals surface area contributed by atoms with Gasteiger partial charge in [0, 0.05) is 37.6 Å². The molecule has 1 aromatic carbocycles. The number of nitrogens with zero attached hydrogens (tertiary/aromatic N) is 3. The highest BCUT2D eigenvalue weighted by molar-refractivity contribution is 5.52. The highest BCUT2D eigenvalue weighted by Crippen LogP contribution is 2.27. The molecule has 0 N–H and O–H groups in total. The molecule has 0 saturated carbocycles. The van der Waals surface area contributed by atoms with Gasteiger partial charge in [-0.2, -0.15) is 0 Å². The van der Waals surface area contributed by atoms with Crippen LogP contribution in [0.1, 0.15) is 17.4 Å². The van der Waals surface area contributed by atoms with Crippen LogP contribution in [-0.2, 0) is 18.3 Å². The van der Waals surface area contributed by atoms with E-state index in [-0.39, 0.29) is 11.9 Å². The number of hydrogen-bond acceptors (Lipinski definition) is 4. The lowest BCUT2D eigenvalue weighted by atomic mass is 10.1. The maximum Gasteiger partial charge on any atom is 0.226 e. The molecule has 0 spiro atoms. The van der Waals surface area contributed by atoms with Gasteiger partial charge in [-0.1, -0.05) is 6.07 Å². The molecule has 5 nitrogen and oxygen atoms in total. The SMILES string of the molecule is Cn1cccc1C1COCCN1Cc1coc(-c2cccc(F)c2)n1. The lowest BCUT2D eigenvalue weighted by Crippen LogP contribution is -2.39. The van der Waals surface area contributed by atoms with Crippen molar-refractivity contribution in [2.75, 3.05) is 19.8 Å². The van der Waals surface area contributed by atoms with Gasteiger partial charge in [-0.15, -0.1) is 0 Å². The van der Waals surface area contributed by atoms with Crippen LogP contribution in [0, 0.1) is 5.82 Å². The molecule has 1 fully saturated rings. The fraction of sp³-hybridized carbons (Fsp3) is 0.316. The maximum absolute atomic E-state index is 13.4. The number of ether oxygens (including phenoxy) is 1. The molecular weight excluding hydrogens is 321 g/mol. The quantitative estimate of drug-likeness (QED) is 0.730. The number of rotatable bonds is 4. The number of morpholine rings is 1. The van der Waals surface area contributed by atoms with Crippen molar-refractivity contribution in [1.29, 1.82) is 0 Å². The van der Waals surface area contributed by atoms with Gasteiger partial charge in [0.05, 0.1) is 24.9 Å². The molecular formula is C19H20FN3O2. The molecule has 1 atom stereocenters. The van der Waals surface area contributed by atoms with Gasteiger partial charge in [0.2, 0.25) is 5.89 Å². The van der Waals surface area contributed by atoms with Crippen molar-refractivity contribution in [3.05, 3.63) is 66.1 Å². The minimum Gasteiger partial charge on any atom is -0.444 e. The fourth-order valence-corrected chi connectivity index (χ4v) is 3.26. The minimum atomic E-state index is -0.297. The third-order valence-electron chi connectivity index (χ3n) is 4.55. The molecule has 130 valence electrons. The van der Waals surface area contributed by atoms with E-state index in [9.17, 15) is 4.39 Å². The highest BCUT2D eigenvalue weighted by Gasteiger charge is 2.27. The summed E-state index contributed by atoms with van der Waals surface area (Å²) in [6.45, 7) is 2.86. The molecule has 3 aromatic rings. The first-order valence-corrected chi connectivity index (χ1v) is 8.34. The predicted molar refractivity (Wildman–Crippen MR) is 91.3 cm³/mol. The van der Waals surface area contributed by atoms with Crippen LogP contribution in [0.3, 0.4) is 0 Å². The first-order valence-electron chi connectivity index (χ1n) is 8.34. The molecule has 0 bridgehead atoms. The Bertz CT molecular complexity index is 858. The Morgan fingerprint density at radius 1 is 1.28 bits per heavy atom. The number of aryl methyl sites for hydroxylation is 1. The van der Waals surface area contributed by atoms with E-state index < -0.39 is 0 Å². The van der Waals surface area contributed by atoms with Crippen LogP contribution in [0.4, 0.5) is 4.39 Å². The summed E-state index contributed by atoms with van der Waals surface area (Å²) >= 11 is 0. The van der Waals surface area contributed by atoms with E-state index in [1.165, 1.54) is 17.8 Å². The Kier molecular flexibility index (Phi) is 4.38. The summed E-state index contributed by atoms with van der Waals surface area (Å²) in [7, 11) is 2.04. The molecule has 0 radical (unpaired) electrons. The molecule has 6 heteroatoms. The average Bonchev–Trinajstić information content (AvgIpc) is 3.25. The zero-order valence-corrected chi connectivity index (χ0v) is 14.1. The molecule has 1 aliphatic rings. The van der Waals surface area contributed by atoms with Crippen LogP contribution < -0.4 is 0 Å². The van der Waals surface area contributed by atoms with Crippen LogP contribution in [-0.4, -0.2) is 34.2 Å². The van der Waals surface area contributed by atoms with E-state index in [1.807, 2.05) is 19.3 Å². The van der Waals surface area contributed by atoms with Crippen molar-refractivity contribution in [3.8, 4) is 11.5 Å². The summed E-state index contributed by atoms with van der Waals surface area (Å²) in [6, 6.07) is 10.6. The molecule has 2 aromatic heterocycles. The van der Waals surface area contributed by atoms with Gasteiger partial charge in [0.25, 0.3) is 0 Å². The van der Waals surface area contributed by atoms with Crippen molar-refractivity contribution in [3.63, 3.8) is 0 Å². The highest BCUT2D eigenvalue weighted by atomic mass is 19.1. The van der Waals surface area contributed by atoms with Crippen LogP contribution in [0.15, 0.2) is 53.3 Å². The fourth-order valence-electron chi connectivity index (χ4n) is 3.26. The second-order valence-electron chi connectivity index (χ2n) is 6.26. The van der Waals surface area contributed by atoms with Crippen molar-refractivity contribution < 1.29 is 13.5 Å². The molecule has 0 aliphatic carbocycles. The summed E-state index contributed by atoms with van der Waals surface area (Å²) in [5.74, 6) is 0.146. The molecule has 3 heterocycles. The van der Waals surface area contributed by atoms with E-state index >= 15 is 0 Å². The Labute approximate surface area is 145 Å². The van der Waals surface area contributed by atoms with Gasteiger partial charge in [0.15, 0.2) is 0 Å². The second kappa shape index (κ2) is 6.82.